The monoisotopic (exact) mass is 305 g/mol. The molecule has 4 nitrogen and oxygen atoms in total. The third-order valence-corrected chi connectivity index (χ3v) is 4.69. The van der Waals surface area contributed by atoms with Gasteiger partial charge in [0.2, 0.25) is 5.89 Å². The van der Waals surface area contributed by atoms with E-state index in [1.165, 1.54) is 12.8 Å². The van der Waals surface area contributed by atoms with Gasteiger partial charge in [-0.25, -0.2) is 0 Å². The first-order valence-corrected chi connectivity index (χ1v) is 7.91. The van der Waals surface area contributed by atoms with Crippen molar-refractivity contribution in [1.29, 1.82) is 0 Å². The largest absolute Gasteiger partial charge is 0.339 e. The van der Waals surface area contributed by atoms with Gasteiger partial charge in [-0.2, -0.15) is 4.98 Å². The number of hydrogen-bond donors (Lipinski definition) is 1. The maximum atomic E-state index is 6.17. The Hall–Kier alpha value is -1.39. The summed E-state index contributed by atoms with van der Waals surface area (Å²) in [7, 11) is 0. The van der Waals surface area contributed by atoms with Crippen molar-refractivity contribution in [2.75, 3.05) is 6.54 Å². The number of aromatic nitrogens is 2. The zero-order chi connectivity index (χ0) is 14.7. The summed E-state index contributed by atoms with van der Waals surface area (Å²) in [5.41, 5.74) is 6.89. The molecule has 1 aromatic carbocycles. The normalized spacial score (nSPS) is 22.4. The molecule has 0 bridgehead atoms. The van der Waals surface area contributed by atoms with Gasteiger partial charge < -0.3 is 10.3 Å². The van der Waals surface area contributed by atoms with Crippen LogP contribution in [0.15, 0.2) is 28.8 Å². The lowest BCUT2D eigenvalue weighted by Gasteiger charge is -2.27. The van der Waals surface area contributed by atoms with Crippen molar-refractivity contribution in [2.45, 2.75) is 38.0 Å². The second-order valence-corrected chi connectivity index (χ2v) is 6.11. The van der Waals surface area contributed by atoms with Crippen molar-refractivity contribution in [3.63, 3.8) is 0 Å². The summed E-state index contributed by atoms with van der Waals surface area (Å²) in [5.74, 6) is 2.22. The first kappa shape index (κ1) is 14.5. The Morgan fingerprint density at radius 2 is 2.05 bits per heavy atom. The van der Waals surface area contributed by atoms with Crippen LogP contribution < -0.4 is 5.73 Å². The molecule has 5 heteroatoms. The first-order valence-electron chi connectivity index (χ1n) is 7.54. The Morgan fingerprint density at radius 3 is 2.86 bits per heavy atom. The molecule has 0 amide bonds. The Balaban J connectivity index is 1.75. The van der Waals surface area contributed by atoms with E-state index in [1.54, 1.807) is 0 Å². The van der Waals surface area contributed by atoms with Crippen LogP contribution in [-0.2, 0) is 6.42 Å². The predicted octanol–water partition coefficient (Wildman–Crippen LogP) is 3.55. The highest BCUT2D eigenvalue weighted by Crippen LogP contribution is 2.36. The zero-order valence-corrected chi connectivity index (χ0v) is 12.7. The molecule has 2 aromatic rings. The van der Waals surface area contributed by atoms with Crippen LogP contribution in [-0.4, -0.2) is 16.7 Å². The maximum absolute atomic E-state index is 6.17. The number of rotatable bonds is 4. The third-order valence-electron chi connectivity index (χ3n) is 4.32. The van der Waals surface area contributed by atoms with Gasteiger partial charge in [-0.15, -0.1) is 0 Å². The molecule has 1 aliphatic rings. The smallest absolute Gasteiger partial charge is 0.230 e. The minimum absolute atomic E-state index is 0.316. The van der Waals surface area contributed by atoms with Gasteiger partial charge >= 0.3 is 0 Å². The van der Waals surface area contributed by atoms with Crippen molar-refractivity contribution >= 4 is 11.6 Å². The molecule has 2 atom stereocenters. The molecule has 1 heterocycles. The zero-order valence-electron chi connectivity index (χ0n) is 12.0. The highest BCUT2D eigenvalue weighted by Gasteiger charge is 2.29. The van der Waals surface area contributed by atoms with Crippen molar-refractivity contribution in [2.24, 2.45) is 11.7 Å². The van der Waals surface area contributed by atoms with Crippen LogP contribution in [0.25, 0.3) is 0 Å². The number of nitrogens with two attached hydrogens (primary N) is 1. The second-order valence-electron chi connectivity index (χ2n) is 5.70. The molecule has 0 spiro atoms. The summed E-state index contributed by atoms with van der Waals surface area (Å²) in [4.78, 5) is 4.58. The number of benzene rings is 1. The highest BCUT2D eigenvalue weighted by molar-refractivity contribution is 6.31. The van der Waals surface area contributed by atoms with Crippen molar-refractivity contribution in [3.8, 4) is 0 Å². The van der Waals surface area contributed by atoms with Gasteiger partial charge in [-0.1, -0.05) is 47.8 Å². The average molecular weight is 306 g/mol. The summed E-state index contributed by atoms with van der Waals surface area (Å²) >= 11 is 6.17. The van der Waals surface area contributed by atoms with Crippen LogP contribution in [0.1, 0.15) is 48.9 Å². The van der Waals surface area contributed by atoms with Crippen LogP contribution >= 0.6 is 11.6 Å². The minimum Gasteiger partial charge on any atom is -0.339 e. The van der Waals surface area contributed by atoms with E-state index < -0.39 is 0 Å². The molecule has 1 aliphatic carbocycles. The van der Waals surface area contributed by atoms with E-state index in [9.17, 15) is 0 Å². The van der Waals surface area contributed by atoms with Crippen LogP contribution in [0.5, 0.6) is 0 Å². The summed E-state index contributed by atoms with van der Waals surface area (Å²) in [5, 5.41) is 4.85. The Bertz CT molecular complexity index is 599. The molecular weight excluding hydrogens is 286 g/mol. The summed E-state index contributed by atoms with van der Waals surface area (Å²) < 4.78 is 5.49. The van der Waals surface area contributed by atoms with Crippen molar-refractivity contribution < 1.29 is 4.52 Å². The van der Waals surface area contributed by atoms with Crippen LogP contribution in [0, 0.1) is 5.92 Å². The van der Waals surface area contributed by atoms with Crippen molar-refractivity contribution in [3.05, 3.63) is 46.6 Å². The summed E-state index contributed by atoms with van der Waals surface area (Å²) in [6.07, 6.45) is 5.31. The van der Waals surface area contributed by atoms with Gasteiger partial charge in [0, 0.05) is 17.4 Å². The minimum atomic E-state index is 0.316. The topological polar surface area (TPSA) is 64.9 Å². The first-order chi connectivity index (χ1) is 10.3. The Kier molecular flexibility index (Phi) is 4.56. The molecule has 2 N–H and O–H groups in total. The van der Waals surface area contributed by atoms with Gasteiger partial charge in [0.25, 0.3) is 0 Å². The average Bonchev–Trinajstić information content (AvgIpc) is 2.98. The van der Waals surface area contributed by atoms with Crippen LogP contribution in [0.4, 0.5) is 0 Å². The van der Waals surface area contributed by atoms with E-state index in [1.807, 2.05) is 24.3 Å². The van der Waals surface area contributed by atoms with Crippen LogP contribution in [0.3, 0.4) is 0 Å². The molecule has 1 fully saturated rings. The SMILES string of the molecule is NCC1CCCCC1c1nc(Cc2ccccc2Cl)no1. The van der Waals surface area contributed by atoms with Gasteiger partial charge in [0.15, 0.2) is 5.82 Å². The molecule has 2 unspecified atom stereocenters. The molecule has 0 saturated heterocycles. The standard InChI is InChI=1S/C16H20ClN3O/c17-14-8-4-2-5-11(14)9-15-19-16(21-20-15)13-7-3-1-6-12(13)10-18/h2,4-5,8,12-13H,1,3,6-7,9-10,18H2. The molecule has 1 saturated carbocycles. The van der Waals surface area contributed by atoms with Crippen LogP contribution in [0.2, 0.25) is 5.02 Å². The van der Waals surface area contributed by atoms with E-state index in [-0.39, 0.29) is 0 Å². The quantitative estimate of drug-likeness (QED) is 0.938. The molecule has 0 radical (unpaired) electrons. The summed E-state index contributed by atoms with van der Waals surface area (Å²) in [6.45, 7) is 0.687. The van der Waals surface area contributed by atoms with E-state index >= 15 is 0 Å². The molecule has 0 aliphatic heterocycles. The van der Waals surface area contributed by atoms with Gasteiger partial charge in [-0.05, 0) is 36.9 Å². The van der Waals surface area contributed by atoms with Gasteiger partial charge in [-0.3, -0.25) is 0 Å². The number of halogens is 1. The lowest BCUT2D eigenvalue weighted by molar-refractivity contribution is 0.249. The molecule has 112 valence electrons. The van der Waals surface area contributed by atoms with E-state index in [2.05, 4.69) is 10.1 Å². The predicted molar refractivity (Wildman–Crippen MR) is 82.3 cm³/mol. The number of hydrogen-bond acceptors (Lipinski definition) is 4. The molecular formula is C16H20ClN3O. The van der Waals surface area contributed by atoms with Gasteiger partial charge in [0.1, 0.15) is 0 Å². The number of nitrogens with zero attached hydrogens (tertiary/aromatic N) is 2. The Morgan fingerprint density at radius 1 is 1.24 bits per heavy atom. The lowest BCUT2D eigenvalue weighted by atomic mass is 9.79. The molecule has 3 rings (SSSR count). The fourth-order valence-corrected chi connectivity index (χ4v) is 3.32. The summed E-state index contributed by atoms with van der Waals surface area (Å²) in [6, 6.07) is 7.75. The van der Waals surface area contributed by atoms with Crippen molar-refractivity contribution in [1.82, 2.24) is 10.1 Å². The molecule has 1 aromatic heterocycles. The van der Waals surface area contributed by atoms with E-state index in [4.69, 9.17) is 21.9 Å². The second kappa shape index (κ2) is 6.58. The highest BCUT2D eigenvalue weighted by atomic mass is 35.5. The third kappa shape index (κ3) is 3.27. The van der Waals surface area contributed by atoms with E-state index in [0.29, 0.717) is 30.6 Å². The Labute approximate surface area is 129 Å². The fourth-order valence-electron chi connectivity index (χ4n) is 3.12. The maximum Gasteiger partial charge on any atom is 0.230 e. The van der Waals surface area contributed by atoms with E-state index in [0.717, 1.165) is 29.3 Å². The fraction of sp³-hybridized carbons (Fsp3) is 0.500. The molecule has 21 heavy (non-hydrogen) atoms. The lowest BCUT2D eigenvalue weighted by Crippen LogP contribution is -2.25. The van der Waals surface area contributed by atoms with Gasteiger partial charge in [0.05, 0.1) is 0 Å².